The molecule has 0 aromatic heterocycles. The summed E-state index contributed by atoms with van der Waals surface area (Å²) < 4.78 is 6.56. The van der Waals surface area contributed by atoms with E-state index in [0.717, 1.165) is 38.5 Å². The van der Waals surface area contributed by atoms with E-state index >= 15 is 0 Å². The fourth-order valence-corrected chi connectivity index (χ4v) is 12.4. The molecule has 0 amide bonds. The molecule has 0 N–H and O–H groups in total. The molecule has 0 aromatic carbocycles. The van der Waals surface area contributed by atoms with Crippen molar-refractivity contribution in [2.45, 2.75) is 239 Å². The molecule has 0 radical (unpaired) electrons. The van der Waals surface area contributed by atoms with Crippen LogP contribution in [0.25, 0.3) is 0 Å². The van der Waals surface area contributed by atoms with Crippen LogP contribution in [0.2, 0.25) is 17.7 Å². The first-order valence-corrected chi connectivity index (χ1v) is 28.3. The van der Waals surface area contributed by atoms with Gasteiger partial charge in [0, 0.05) is 11.9 Å². The van der Waals surface area contributed by atoms with Gasteiger partial charge in [-0.05, 0) is 25.7 Å². The van der Waals surface area contributed by atoms with Crippen molar-refractivity contribution < 1.29 is 19.8 Å². The van der Waals surface area contributed by atoms with Gasteiger partial charge in [-0.15, -0.1) is 0 Å². The van der Waals surface area contributed by atoms with E-state index in [2.05, 4.69) is 41.5 Å². The van der Waals surface area contributed by atoms with Gasteiger partial charge in [0.25, 0.3) is 0 Å². The predicted octanol–water partition coefficient (Wildman–Crippen LogP) is 11.6. The van der Waals surface area contributed by atoms with Crippen LogP contribution >= 0.6 is 0 Å². The van der Waals surface area contributed by atoms with Crippen molar-refractivity contribution in [1.82, 2.24) is 0 Å². The molecule has 0 atom stereocenters. The fourth-order valence-electron chi connectivity index (χ4n) is 4.66. The van der Waals surface area contributed by atoms with E-state index in [-0.39, 0.29) is 55.1 Å². The zero-order valence-corrected chi connectivity index (χ0v) is 38.0. The number of carboxylic acid groups (broad SMARTS) is 2. The van der Waals surface area contributed by atoms with Gasteiger partial charge in [-0.2, -0.15) is 0 Å². The van der Waals surface area contributed by atoms with Gasteiger partial charge in [0.2, 0.25) is 0 Å². The van der Waals surface area contributed by atoms with Crippen LogP contribution in [0.1, 0.15) is 221 Å². The average molecular weight is 865 g/mol. The summed E-state index contributed by atoms with van der Waals surface area (Å²) in [4.78, 5) is 19.8. The summed E-state index contributed by atoms with van der Waals surface area (Å²) in [5.74, 6) is -1.84. The minimum atomic E-state index is -0.920. The van der Waals surface area contributed by atoms with Gasteiger partial charge in [0.1, 0.15) is 0 Å². The number of carbonyl (C=O) groups is 2. The van der Waals surface area contributed by atoms with Crippen LogP contribution in [0.3, 0.4) is 0 Å². The van der Waals surface area contributed by atoms with Crippen LogP contribution in [0.4, 0.5) is 0 Å². The predicted molar refractivity (Wildman–Crippen MR) is 204 cm³/mol. The Balaban J connectivity index is -0.000000266. The molecule has 272 valence electrons. The molecular weight excluding hydrogens is 782 g/mol. The number of rotatable bonds is 32. The van der Waals surface area contributed by atoms with E-state index < -0.39 is 11.9 Å². The molecule has 0 spiro atoms. The summed E-state index contributed by atoms with van der Waals surface area (Å²) in [6.45, 7) is 13.5. The average Bonchev–Trinajstić information content (AvgIpc) is 3.04. The standard InChI is InChI=1S/2C8H16O2.2C8H17.2C4H9.2Sn/c2*1-2-3-4-5-6-7-8(9)10;2*1-3-5-7-8-6-4-2;2*1-3-4-2;;/h2*2-7H2,1H3,(H,9,10);2*1,3-8H2,2H3;2*1,3-4H2,2H3;;/q;;;;;;2*+2/p-2. The first-order chi connectivity index (χ1) is 22.4. The van der Waals surface area contributed by atoms with Crippen molar-refractivity contribution in [3.63, 3.8) is 0 Å². The van der Waals surface area contributed by atoms with Crippen LogP contribution in [0, 0.1) is 0 Å². The first kappa shape index (κ1) is 53.3. The van der Waals surface area contributed by atoms with E-state index in [9.17, 15) is 19.8 Å². The summed E-state index contributed by atoms with van der Waals surface area (Å²) in [5.41, 5.74) is 0. The molecular formula is C40H82O4Sn2+2. The monoisotopic (exact) mass is 866 g/mol. The molecule has 0 heterocycles. The number of hydrogen-bond donors (Lipinski definition) is 0. The third-order valence-corrected chi connectivity index (χ3v) is 15.9. The summed E-state index contributed by atoms with van der Waals surface area (Å²) in [6.07, 6.45) is 34.9. The number of carboxylic acids is 2. The second-order valence-corrected chi connectivity index (χ2v) is 21.4. The Morgan fingerprint density at radius 2 is 0.543 bits per heavy atom. The maximum absolute atomic E-state index is 9.92. The van der Waals surface area contributed by atoms with E-state index in [1.54, 1.807) is 30.6 Å². The third-order valence-electron chi connectivity index (χ3n) is 7.80. The molecule has 0 saturated heterocycles. The van der Waals surface area contributed by atoms with Gasteiger partial charge >= 0.3 is 190 Å². The molecule has 0 unspecified atom stereocenters. The SMILES string of the molecule is CCCCCCCC(=O)[O-].CCCCCCCC(=O)[O-].CCCCCCC[CH2][Sn+2][CH2]CCCCCCC.CCC[CH2][Sn+2][CH2]CCC. The summed E-state index contributed by atoms with van der Waals surface area (Å²) in [6, 6.07) is 0. The topological polar surface area (TPSA) is 80.3 Å². The van der Waals surface area contributed by atoms with Gasteiger partial charge in [-0.25, -0.2) is 0 Å². The second kappa shape index (κ2) is 55.0. The van der Waals surface area contributed by atoms with E-state index in [0.29, 0.717) is 0 Å². The number of aliphatic carboxylic acids is 2. The van der Waals surface area contributed by atoms with Gasteiger partial charge in [0.15, 0.2) is 0 Å². The minimum absolute atomic E-state index is 0.0736. The quantitative estimate of drug-likeness (QED) is 0.0498. The molecule has 0 saturated carbocycles. The number of carbonyl (C=O) groups excluding carboxylic acids is 2. The Morgan fingerprint density at radius 3 is 0.804 bits per heavy atom. The Kier molecular flexibility index (Phi) is 63.7. The van der Waals surface area contributed by atoms with Gasteiger partial charge in [0.05, 0.1) is 0 Å². The van der Waals surface area contributed by atoms with E-state index in [1.165, 1.54) is 116 Å². The molecule has 0 rings (SSSR count). The van der Waals surface area contributed by atoms with Gasteiger partial charge < -0.3 is 19.8 Å². The molecule has 0 aromatic rings. The van der Waals surface area contributed by atoms with Crippen LogP contribution in [-0.2, 0) is 9.59 Å². The molecule has 4 nitrogen and oxygen atoms in total. The molecule has 0 aliphatic rings. The van der Waals surface area contributed by atoms with Crippen molar-refractivity contribution in [1.29, 1.82) is 0 Å². The van der Waals surface area contributed by atoms with Crippen molar-refractivity contribution >= 4 is 54.2 Å². The van der Waals surface area contributed by atoms with E-state index in [4.69, 9.17) is 0 Å². The van der Waals surface area contributed by atoms with Gasteiger partial charge in [-0.3, -0.25) is 0 Å². The van der Waals surface area contributed by atoms with E-state index in [1.807, 2.05) is 0 Å². The second-order valence-electron chi connectivity index (χ2n) is 12.8. The maximum atomic E-state index is 9.92. The van der Waals surface area contributed by atoms with Crippen LogP contribution < -0.4 is 10.2 Å². The molecule has 0 aliphatic heterocycles. The Labute approximate surface area is 311 Å². The van der Waals surface area contributed by atoms with Crippen molar-refractivity contribution in [2.75, 3.05) is 0 Å². The fraction of sp³-hybridized carbons (Fsp3) is 0.950. The molecule has 0 bridgehead atoms. The van der Waals surface area contributed by atoms with Crippen molar-refractivity contribution in [2.24, 2.45) is 0 Å². The Morgan fingerprint density at radius 1 is 0.326 bits per heavy atom. The number of unbranched alkanes of at least 4 members (excludes halogenated alkanes) is 20. The zero-order chi connectivity index (χ0) is 35.2. The van der Waals surface area contributed by atoms with Crippen LogP contribution in [0.15, 0.2) is 0 Å². The Bertz CT molecular complexity index is 487. The molecule has 6 heteroatoms. The summed E-state index contributed by atoms with van der Waals surface area (Å²) in [5, 5.41) is 19.8. The van der Waals surface area contributed by atoms with Crippen LogP contribution in [0.5, 0.6) is 0 Å². The first-order valence-electron chi connectivity index (χ1n) is 20.2. The molecule has 0 fully saturated rings. The normalized spacial score (nSPS) is 9.87. The summed E-state index contributed by atoms with van der Waals surface area (Å²) >= 11 is 0.223. The molecule has 0 aliphatic carbocycles. The number of hydrogen-bond acceptors (Lipinski definition) is 4. The third kappa shape index (κ3) is 70.8. The summed E-state index contributed by atoms with van der Waals surface area (Å²) in [7, 11) is 0. The van der Waals surface area contributed by atoms with Crippen molar-refractivity contribution in [3.05, 3.63) is 0 Å². The van der Waals surface area contributed by atoms with Crippen LogP contribution in [-0.4, -0.2) is 54.2 Å². The molecule has 46 heavy (non-hydrogen) atoms. The van der Waals surface area contributed by atoms with Gasteiger partial charge in [-0.1, -0.05) is 65.2 Å². The zero-order valence-electron chi connectivity index (χ0n) is 32.3. The Hall–Kier alpha value is 0.537. The van der Waals surface area contributed by atoms with Crippen molar-refractivity contribution in [3.8, 4) is 0 Å².